The van der Waals surface area contributed by atoms with Gasteiger partial charge in [-0.3, -0.25) is 15.8 Å². The summed E-state index contributed by atoms with van der Waals surface area (Å²) >= 11 is 9.40. The molecule has 0 bridgehead atoms. The van der Waals surface area contributed by atoms with Gasteiger partial charge in [-0.15, -0.1) is 0 Å². The van der Waals surface area contributed by atoms with E-state index in [9.17, 15) is 0 Å². The van der Waals surface area contributed by atoms with E-state index < -0.39 is 0 Å². The van der Waals surface area contributed by atoms with Crippen LogP contribution in [0.4, 0.5) is 0 Å². The Morgan fingerprint density at radius 3 is 2.76 bits per heavy atom. The van der Waals surface area contributed by atoms with Crippen LogP contribution in [0.15, 0.2) is 41.3 Å². The summed E-state index contributed by atoms with van der Waals surface area (Å²) in [6.07, 6.45) is 4.91. The highest BCUT2D eigenvalue weighted by atomic mass is 79.9. The molecule has 0 amide bonds. The van der Waals surface area contributed by atoms with E-state index in [0.717, 1.165) is 15.7 Å². The molecule has 1 heterocycles. The molecule has 1 aromatic heterocycles. The fraction of sp³-hybridized carbons (Fsp3) is 0.0909. The molecule has 1 atom stereocenters. The number of halogens is 2. The van der Waals surface area contributed by atoms with Gasteiger partial charge in [-0.25, -0.2) is 5.43 Å². The SMILES string of the molecule is NNC(c1ccc(Br)c(Cl)c1)c1cnccn1. The number of hydrogen-bond acceptors (Lipinski definition) is 4. The molecule has 0 aliphatic rings. The first kappa shape index (κ1) is 12.4. The largest absolute Gasteiger partial charge is 0.271 e. The second-order valence-corrected chi connectivity index (χ2v) is 4.67. The van der Waals surface area contributed by atoms with E-state index in [2.05, 4.69) is 31.3 Å². The summed E-state index contributed by atoms with van der Waals surface area (Å²) in [6.45, 7) is 0. The second kappa shape index (κ2) is 5.55. The summed E-state index contributed by atoms with van der Waals surface area (Å²) in [5.41, 5.74) is 4.38. The summed E-state index contributed by atoms with van der Waals surface area (Å²) in [5.74, 6) is 5.55. The molecule has 0 saturated heterocycles. The first-order valence-electron chi connectivity index (χ1n) is 4.89. The highest BCUT2D eigenvalue weighted by molar-refractivity contribution is 9.10. The average molecular weight is 314 g/mol. The number of rotatable bonds is 3. The molecule has 17 heavy (non-hydrogen) atoms. The van der Waals surface area contributed by atoms with Crippen LogP contribution in [0, 0.1) is 0 Å². The van der Waals surface area contributed by atoms with Crippen LogP contribution in [0.2, 0.25) is 5.02 Å². The van der Waals surface area contributed by atoms with Crippen molar-refractivity contribution in [3.63, 3.8) is 0 Å². The van der Waals surface area contributed by atoms with Gasteiger partial charge in [0.2, 0.25) is 0 Å². The maximum atomic E-state index is 6.05. The molecule has 1 unspecified atom stereocenters. The maximum absolute atomic E-state index is 6.05. The smallest absolute Gasteiger partial charge is 0.0897 e. The van der Waals surface area contributed by atoms with Gasteiger partial charge in [-0.2, -0.15) is 0 Å². The van der Waals surface area contributed by atoms with Crippen LogP contribution in [0.3, 0.4) is 0 Å². The molecule has 0 spiro atoms. The lowest BCUT2D eigenvalue weighted by atomic mass is 10.1. The highest BCUT2D eigenvalue weighted by Crippen LogP contribution is 2.27. The van der Waals surface area contributed by atoms with Crippen molar-refractivity contribution in [3.05, 3.63) is 57.5 Å². The number of aromatic nitrogens is 2. The van der Waals surface area contributed by atoms with Crippen LogP contribution in [0.25, 0.3) is 0 Å². The van der Waals surface area contributed by atoms with Crippen molar-refractivity contribution in [2.45, 2.75) is 6.04 Å². The monoisotopic (exact) mass is 312 g/mol. The quantitative estimate of drug-likeness (QED) is 0.675. The third-order valence-corrected chi connectivity index (χ3v) is 3.56. The lowest BCUT2D eigenvalue weighted by Gasteiger charge is -2.15. The summed E-state index contributed by atoms with van der Waals surface area (Å²) in [5, 5.41) is 0.631. The lowest BCUT2D eigenvalue weighted by molar-refractivity contribution is 0.617. The first-order valence-corrected chi connectivity index (χ1v) is 6.06. The van der Waals surface area contributed by atoms with Crippen molar-refractivity contribution >= 4 is 27.5 Å². The van der Waals surface area contributed by atoms with E-state index in [1.165, 1.54) is 0 Å². The van der Waals surface area contributed by atoms with Gasteiger partial charge in [0, 0.05) is 16.9 Å². The van der Waals surface area contributed by atoms with Crippen molar-refractivity contribution in [2.24, 2.45) is 5.84 Å². The van der Waals surface area contributed by atoms with Crippen LogP contribution in [0.1, 0.15) is 17.3 Å². The third-order valence-electron chi connectivity index (χ3n) is 2.32. The summed E-state index contributed by atoms with van der Waals surface area (Å²) in [7, 11) is 0. The molecule has 3 N–H and O–H groups in total. The third kappa shape index (κ3) is 2.81. The molecule has 0 fully saturated rings. The minimum atomic E-state index is -0.228. The van der Waals surface area contributed by atoms with Gasteiger partial charge in [0.15, 0.2) is 0 Å². The fourth-order valence-corrected chi connectivity index (χ4v) is 1.94. The van der Waals surface area contributed by atoms with Gasteiger partial charge < -0.3 is 0 Å². The minimum absolute atomic E-state index is 0.228. The number of benzene rings is 1. The molecule has 0 aliphatic heterocycles. The van der Waals surface area contributed by atoms with Crippen LogP contribution < -0.4 is 11.3 Å². The first-order chi connectivity index (χ1) is 8.22. The van der Waals surface area contributed by atoms with Gasteiger partial charge in [0.05, 0.1) is 23.0 Å². The zero-order valence-corrected chi connectivity index (χ0v) is 11.1. The molecule has 2 aromatic rings. The molecule has 88 valence electrons. The number of nitrogens with one attached hydrogen (secondary N) is 1. The molecule has 0 aliphatic carbocycles. The minimum Gasteiger partial charge on any atom is -0.271 e. The van der Waals surface area contributed by atoms with Gasteiger partial charge in [-0.1, -0.05) is 17.7 Å². The normalized spacial score (nSPS) is 12.4. The molecule has 0 radical (unpaired) electrons. The number of hydrazine groups is 1. The van der Waals surface area contributed by atoms with E-state index in [1.807, 2.05) is 18.2 Å². The molecule has 6 heteroatoms. The summed E-state index contributed by atoms with van der Waals surface area (Å²) in [4.78, 5) is 8.24. The van der Waals surface area contributed by atoms with Crippen LogP contribution in [0.5, 0.6) is 0 Å². The Hall–Kier alpha value is -1.01. The molecule has 0 saturated carbocycles. The molecule has 1 aromatic carbocycles. The van der Waals surface area contributed by atoms with Crippen molar-refractivity contribution < 1.29 is 0 Å². The second-order valence-electron chi connectivity index (χ2n) is 3.40. The van der Waals surface area contributed by atoms with E-state index in [4.69, 9.17) is 17.4 Å². The van der Waals surface area contributed by atoms with Gasteiger partial charge in [0.1, 0.15) is 0 Å². The Kier molecular flexibility index (Phi) is 4.06. The predicted octanol–water partition coefficient (Wildman–Crippen LogP) is 2.45. The van der Waals surface area contributed by atoms with Gasteiger partial charge in [0.25, 0.3) is 0 Å². The molecular weight excluding hydrogens is 304 g/mol. The number of nitrogens with two attached hydrogens (primary N) is 1. The molecule has 2 rings (SSSR count). The Morgan fingerprint density at radius 2 is 2.18 bits per heavy atom. The average Bonchev–Trinajstić information content (AvgIpc) is 2.36. The Bertz CT molecular complexity index is 506. The number of nitrogens with zero attached hydrogens (tertiary/aromatic N) is 2. The van der Waals surface area contributed by atoms with Crippen molar-refractivity contribution in [3.8, 4) is 0 Å². The van der Waals surface area contributed by atoms with Crippen molar-refractivity contribution in [2.75, 3.05) is 0 Å². The zero-order valence-electron chi connectivity index (χ0n) is 8.77. The van der Waals surface area contributed by atoms with E-state index in [-0.39, 0.29) is 6.04 Å². The standard InChI is InChI=1S/C11H10BrClN4/c12-8-2-1-7(5-9(8)13)11(17-14)10-6-15-3-4-16-10/h1-6,11,17H,14H2. The maximum Gasteiger partial charge on any atom is 0.0897 e. The van der Waals surface area contributed by atoms with E-state index in [0.29, 0.717) is 5.02 Å². The van der Waals surface area contributed by atoms with Gasteiger partial charge >= 0.3 is 0 Å². The van der Waals surface area contributed by atoms with E-state index >= 15 is 0 Å². The Balaban J connectivity index is 2.39. The molecular formula is C11H10BrClN4. The Morgan fingerprint density at radius 1 is 1.35 bits per heavy atom. The fourth-order valence-electron chi connectivity index (χ4n) is 1.50. The van der Waals surface area contributed by atoms with Crippen LogP contribution in [-0.2, 0) is 0 Å². The Labute approximate surface area is 112 Å². The predicted molar refractivity (Wildman–Crippen MR) is 70.4 cm³/mol. The van der Waals surface area contributed by atoms with Crippen LogP contribution in [-0.4, -0.2) is 9.97 Å². The van der Waals surface area contributed by atoms with Crippen LogP contribution >= 0.6 is 27.5 Å². The lowest BCUT2D eigenvalue weighted by Crippen LogP contribution is -2.29. The van der Waals surface area contributed by atoms with Gasteiger partial charge in [-0.05, 0) is 33.6 Å². The van der Waals surface area contributed by atoms with E-state index in [1.54, 1.807) is 18.6 Å². The van der Waals surface area contributed by atoms with Crippen molar-refractivity contribution in [1.82, 2.24) is 15.4 Å². The summed E-state index contributed by atoms with van der Waals surface area (Å²) < 4.78 is 0.845. The van der Waals surface area contributed by atoms with Crippen molar-refractivity contribution in [1.29, 1.82) is 0 Å². The zero-order chi connectivity index (χ0) is 12.3. The number of hydrogen-bond donors (Lipinski definition) is 2. The molecule has 4 nitrogen and oxygen atoms in total. The topological polar surface area (TPSA) is 63.8 Å². The highest BCUT2D eigenvalue weighted by Gasteiger charge is 2.14. The summed E-state index contributed by atoms with van der Waals surface area (Å²) in [6, 6.07) is 5.41.